The summed E-state index contributed by atoms with van der Waals surface area (Å²) in [5.74, 6) is 0.740. The summed E-state index contributed by atoms with van der Waals surface area (Å²) in [6.07, 6.45) is -0.433. The molecule has 0 spiro atoms. The van der Waals surface area contributed by atoms with Gasteiger partial charge in [0.15, 0.2) is 0 Å². The van der Waals surface area contributed by atoms with E-state index in [0.29, 0.717) is 17.1 Å². The van der Waals surface area contributed by atoms with Crippen LogP contribution in [0.15, 0.2) is 71.1 Å². The van der Waals surface area contributed by atoms with Gasteiger partial charge in [0, 0.05) is 22.2 Å². The number of hydrogen-bond acceptors (Lipinski definition) is 6. The number of nitrogens with zero attached hydrogens (tertiary/aromatic N) is 1. The predicted octanol–water partition coefficient (Wildman–Crippen LogP) is 6.90. The van der Waals surface area contributed by atoms with Crippen LogP contribution in [0, 0.1) is 0 Å². The molecule has 0 unspecified atom stereocenters. The topological polar surface area (TPSA) is 79.9 Å². The van der Waals surface area contributed by atoms with Gasteiger partial charge in [0.25, 0.3) is 0 Å². The van der Waals surface area contributed by atoms with Gasteiger partial charge in [0.1, 0.15) is 22.7 Å². The summed E-state index contributed by atoms with van der Waals surface area (Å²) in [5, 5.41) is 2.55. The lowest BCUT2D eigenvalue weighted by atomic mass is 10.1. The molecule has 5 rings (SSSR count). The smallest absolute Gasteiger partial charge is 0.419 e. The van der Waals surface area contributed by atoms with Crippen LogP contribution in [0.25, 0.3) is 32.8 Å². The highest BCUT2D eigenvalue weighted by Crippen LogP contribution is 2.34. The van der Waals surface area contributed by atoms with Crippen LogP contribution in [-0.2, 0) is 9.47 Å². The molecule has 5 aromatic rings. The fourth-order valence-electron chi connectivity index (χ4n) is 3.93. The fraction of sp³-hybridized carbons (Fsp3) is 0.185. The first-order valence-electron chi connectivity index (χ1n) is 10.8. The quantitative estimate of drug-likeness (QED) is 0.274. The molecule has 0 aliphatic rings. The standard InChI is InChI=1S/C27H23NO6/c1-27(2,3)34-26(30)28-21-8-6-5-7-19(21)20-14-17(11-12-22(20)28)32-18-10-9-16-13-24(25(29)31-4)33-23(16)15-18/h5-15H,1-4H3. The minimum absolute atomic E-state index is 0.131. The van der Waals surface area contributed by atoms with Crippen molar-refractivity contribution in [2.75, 3.05) is 7.11 Å². The molecule has 172 valence electrons. The SMILES string of the molecule is COC(=O)c1cc2ccc(Oc3ccc4c(c3)c3ccccc3n4C(=O)OC(C)(C)C)cc2o1. The van der Waals surface area contributed by atoms with E-state index >= 15 is 0 Å². The number of aromatic nitrogens is 1. The first-order valence-corrected chi connectivity index (χ1v) is 10.8. The highest BCUT2D eigenvalue weighted by atomic mass is 16.6. The molecule has 0 aliphatic carbocycles. The molecule has 0 N–H and O–H groups in total. The number of carbonyl (C=O) groups is 2. The molecule has 7 nitrogen and oxygen atoms in total. The van der Waals surface area contributed by atoms with Crippen molar-refractivity contribution in [2.45, 2.75) is 26.4 Å². The molecule has 7 heteroatoms. The van der Waals surface area contributed by atoms with Gasteiger partial charge in [-0.15, -0.1) is 0 Å². The van der Waals surface area contributed by atoms with Gasteiger partial charge in [-0.25, -0.2) is 14.2 Å². The van der Waals surface area contributed by atoms with Crippen LogP contribution in [0.1, 0.15) is 31.3 Å². The third kappa shape index (κ3) is 3.85. The van der Waals surface area contributed by atoms with E-state index in [4.69, 9.17) is 18.6 Å². The fourth-order valence-corrected chi connectivity index (χ4v) is 3.93. The Kier molecular flexibility index (Phi) is 5.05. The van der Waals surface area contributed by atoms with E-state index in [1.807, 2.05) is 63.2 Å². The average molecular weight is 457 g/mol. The van der Waals surface area contributed by atoms with Crippen LogP contribution < -0.4 is 4.74 Å². The first kappa shape index (κ1) is 21.6. The van der Waals surface area contributed by atoms with Crippen molar-refractivity contribution in [3.63, 3.8) is 0 Å². The normalized spacial score (nSPS) is 11.8. The third-order valence-corrected chi connectivity index (χ3v) is 5.33. The molecule has 2 aromatic heterocycles. The maximum absolute atomic E-state index is 13.0. The summed E-state index contributed by atoms with van der Waals surface area (Å²) in [6.45, 7) is 5.53. The molecular weight excluding hydrogens is 434 g/mol. The number of benzene rings is 3. The zero-order valence-corrected chi connectivity index (χ0v) is 19.2. The summed E-state index contributed by atoms with van der Waals surface area (Å²) in [6, 6.07) is 20.2. The van der Waals surface area contributed by atoms with Gasteiger partial charge in [-0.1, -0.05) is 18.2 Å². The molecule has 0 aliphatic heterocycles. The molecule has 0 saturated heterocycles. The van der Waals surface area contributed by atoms with Crippen molar-refractivity contribution < 1.29 is 28.2 Å². The lowest BCUT2D eigenvalue weighted by Crippen LogP contribution is -2.27. The second-order valence-corrected chi connectivity index (χ2v) is 8.92. The molecule has 0 bridgehead atoms. The van der Waals surface area contributed by atoms with Crippen molar-refractivity contribution in [3.8, 4) is 11.5 Å². The molecule has 0 radical (unpaired) electrons. The van der Waals surface area contributed by atoms with E-state index in [2.05, 4.69) is 0 Å². The number of rotatable bonds is 3. The highest BCUT2D eigenvalue weighted by Gasteiger charge is 2.22. The predicted molar refractivity (Wildman–Crippen MR) is 129 cm³/mol. The van der Waals surface area contributed by atoms with Gasteiger partial charge in [0.2, 0.25) is 5.76 Å². The van der Waals surface area contributed by atoms with E-state index in [1.165, 1.54) is 7.11 Å². The summed E-state index contributed by atoms with van der Waals surface area (Å²) in [5.41, 5.74) is 1.39. The van der Waals surface area contributed by atoms with E-state index in [0.717, 1.165) is 27.2 Å². The molecule has 0 amide bonds. The summed E-state index contributed by atoms with van der Waals surface area (Å²) in [4.78, 5) is 24.7. The molecule has 0 saturated carbocycles. The first-order chi connectivity index (χ1) is 16.2. The molecule has 2 heterocycles. The minimum atomic E-state index is -0.615. The zero-order chi connectivity index (χ0) is 24.0. The van der Waals surface area contributed by atoms with E-state index in [1.54, 1.807) is 28.8 Å². The van der Waals surface area contributed by atoms with Crippen LogP contribution in [0.5, 0.6) is 11.5 Å². The second-order valence-electron chi connectivity index (χ2n) is 8.92. The number of para-hydroxylation sites is 1. The van der Waals surface area contributed by atoms with Gasteiger partial charge >= 0.3 is 12.1 Å². The Morgan fingerprint density at radius 3 is 2.32 bits per heavy atom. The highest BCUT2D eigenvalue weighted by molar-refractivity contribution is 6.12. The van der Waals surface area contributed by atoms with Gasteiger partial charge < -0.3 is 18.6 Å². The second kappa shape index (κ2) is 7.95. The van der Waals surface area contributed by atoms with Crippen LogP contribution >= 0.6 is 0 Å². The van der Waals surface area contributed by atoms with Crippen molar-refractivity contribution in [1.82, 2.24) is 4.57 Å². The van der Waals surface area contributed by atoms with Crippen molar-refractivity contribution in [2.24, 2.45) is 0 Å². The Morgan fingerprint density at radius 1 is 0.853 bits per heavy atom. The largest absolute Gasteiger partial charge is 0.463 e. The van der Waals surface area contributed by atoms with Gasteiger partial charge in [0.05, 0.1) is 18.1 Å². The Labute approximate surface area is 195 Å². The van der Waals surface area contributed by atoms with Gasteiger partial charge in [-0.05, 0) is 63.2 Å². The van der Waals surface area contributed by atoms with Crippen molar-refractivity contribution in [1.29, 1.82) is 0 Å². The van der Waals surface area contributed by atoms with Gasteiger partial charge in [-0.3, -0.25) is 0 Å². The number of fused-ring (bicyclic) bond motifs is 4. The van der Waals surface area contributed by atoms with Crippen LogP contribution in [0.2, 0.25) is 0 Å². The Bertz CT molecular complexity index is 1570. The molecule has 3 aromatic carbocycles. The Morgan fingerprint density at radius 2 is 1.56 bits per heavy atom. The molecule has 0 atom stereocenters. The maximum Gasteiger partial charge on any atom is 0.419 e. The molecular formula is C27H23NO6. The monoisotopic (exact) mass is 457 g/mol. The lowest BCUT2D eigenvalue weighted by molar-refractivity contribution is 0.0547. The number of ether oxygens (including phenoxy) is 3. The number of furan rings is 1. The van der Waals surface area contributed by atoms with Crippen molar-refractivity contribution in [3.05, 3.63) is 72.5 Å². The number of hydrogen-bond donors (Lipinski definition) is 0. The maximum atomic E-state index is 13.0. The third-order valence-electron chi connectivity index (χ3n) is 5.33. The zero-order valence-electron chi connectivity index (χ0n) is 19.2. The minimum Gasteiger partial charge on any atom is -0.463 e. The number of esters is 1. The summed E-state index contributed by atoms with van der Waals surface area (Å²) < 4.78 is 23.6. The van der Waals surface area contributed by atoms with E-state index in [9.17, 15) is 9.59 Å². The number of carbonyl (C=O) groups excluding carboxylic acids is 2. The van der Waals surface area contributed by atoms with Crippen molar-refractivity contribution >= 4 is 44.8 Å². The summed E-state index contributed by atoms with van der Waals surface area (Å²) >= 11 is 0. The average Bonchev–Trinajstić information content (AvgIpc) is 3.36. The number of methoxy groups -OCH3 is 1. The van der Waals surface area contributed by atoms with Gasteiger partial charge in [-0.2, -0.15) is 0 Å². The van der Waals surface area contributed by atoms with Crippen LogP contribution in [-0.4, -0.2) is 29.3 Å². The molecule has 0 fully saturated rings. The Hall–Kier alpha value is -4.26. The van der Waals surface area contributed by atoms with Crippen LogP contribution in [0.4, 0.5) is 4.79 Å². The lowest BCUT2D eigenvalue weighted by Gasteiger charge is -2.20. The Balaban J connectivity index is 1.54. The summed E-state index contributed by atoms with van der Waals surface area (Å²) in [7, 11) is 1.31. The molecule has 34 heavy (non-hydrogen) atoms. The van der Waals surface area contributed by atoms with E-state index < -0.39 is 17.7 Å². The van der Waals surface area contributed by atoms with E-state index in [-0.39, 0.29) is 5.76 Å². The van der Waals surface area contributed by atoms with Crippen LogP contribution in [0.3, 0.4) is 0 Å².